The predicted octanol–water partition coefficient (Wildman–Crippen LogP) is 0.742. The molecule has 78 valence electrons. The van der Waals surface area contributed by atoms with Crippen molar-refractivity contribution in [2.45, 2.75) is 19.4 Å². The molecular formula is C11H19N2O+. The van der Waals surface area contributed by atoms with Crippen molar-refractivity contribution >= 4 is 0 Å². The smallest absolute Gasteiger partial charge is 0.126 e. The first-order valence-electron chi connectivity index (χ1n) is 5.08. The van der Waals surface area contributed by atoms with Crippen molar-refractivity contribution in [2.24, 2.45) is 0 Å². The second kappa shape index (κ2) is 6.51. The van der Waals surface area contributed by atoms with E-state index in [1.165, 1.54) is 0 Å². The first-order valence-corrected chi connectivity index (χ1v) is 5.08. The van der Waals surface area contributed by atoms with Gasteiger partial charge in [-0.05, 0) is 19.1 Å². The van der Waals surface area contributed by atoms with Crippen LogP contribution in [0.1, 0.15) is 25.1 Å². The van der Waals surface area contributed by atoms with Gasteiger partial charge in [0.25, 0.3) is 0 Å². The highest BCUT2D eigenvalue weighted by Gasteiger charge is 2.07. The maximum Gasteiger partial charge on any atom is 0.126 e. The molecule has 0 amide bonds. The van der Waals surface area contributed by atoms with Crippen LogP contribution >= 0.6 is 0 Å². The van der Waals surface area contributed by atoms with Crippen LogP contribution < -0.4 is 5.32 Å². The molecule has 2 N–H and O–H groups in total. The molecule has 0 saturated carbocycles. The van der Waals surface area contributed by atoms with Crippen molar-refractivity contribution in [3.8, 4) is 0 Å². The summed E-state index contributed by atoms with van der Waals surface area (Å²) in [6, 6.07) is 6.48. The van der Waals surface area contributed by atoms with E-state index in [9.17, 15) is 0 Å². The van der Waals surface area contributed by atoms with Crippen molar-refractivity contribution in [2.75, 3.05) is 20.3 Å². The van der Waals surface area contributed by atoms with E-state index < -0.39 is 0 Å². The molecule has 0 unspecified atom stereocenters. The Hall–Kier alpha value is -0.930. The highest BCUT2D eigenvalue weighted by molar-refractivity contribution is 5.05. The number of nitrogens with zero attached hydrogens (tertiary/aromatic N) is 1. The Balaban J connectivity index is 2.25. The minimum atomic E-state index is 0.438. The van der Waals surface area contributed by atoms with Crippen LogP contribution in [0.4, 0.5) is 0 Å². The van der Waals surface area contributed by atoms with Gasteiger partial charge in [-0.3, -0.25) is 4.98 Å². The summed E-state index contributed by atoms with van der Waals surface area (Å²) in [5.74, 6) is 0. The molecule has 1 rings (SSSR count). The monoisotopic (exact) mass is 195 g/mol. The lowest BCUT2D eigenvalue weighted by atomic mass is 10.2. The Morgan fingerprint density at radius 3 is 3.00 bits per heavy atom. The van der Waals surface area contributed by atoms with Crippen LogP contribution in [-0.2, 0) is 4.74 Å². The quantitative estimate of drug-likeness (QED) is 0.680. The zero-order valence-electron chi connectivity index (χ0n) is 8.94. The first kappa shape index (κ1) is 11.1. The van der Waals surface area contributed by atoms with Crippen molar-refractivity contribution < 1.29 is 10.1 Å². The third-order valence-corrected chi connectivity index (χ3v) is 2.23. The number of methoxy groups -OCH3 is 1. The van der Waals surface area contributed by atoms with Crippen LogP contribution in [0.2, 0.25) is 0 Å². The molecule has 0 fully saturated rings. The number of quaternary nitrogens is 1. The molecule has 1 aromatic rings. The molecule has 0 aliphatic heterocycles. The van der Waals surface area contributed by atoms with Crippen LogP contribution in [0.3, 0.4) is 0 Å². The fourth-order valence-corrected chi connectivity index (χ4v) is 1.36. The predicted molar refractivity (Wildman–Crippen MR) is 55.9 cm³/mol. The molecule has 14 heavy (non-hydrogen) atoms. The molecule has 3 nitrogen and oxygen atoms in total. The normalized spacial score (nSPS) is 12.7. The lowest BCUT2D eigenvalue weighted by Gasteiger charge is -2.09. The largest absolute Gasteiger partial charge is 0.384 e. The zero-order valence-corrected chi connectivity index (χ0v) is 8.94. The summed E-state index contributed by atoms with van der Waals surface area (Å²) in [5.41, 5.74) is 1.14. The molecule has 3 heteroatoms. The van der Waals surface area contributed by atoms with Gasteiger partial charge in [-0.15, -0.1) is 0 Å². The van der Waals surface area contributed by atoms with Gasteiger partial charge in [-0.1, -0.05) is 6.07 Å². The van der Waals surface area contributed by atoms with E-state index in [1.54, 1.807) is 7.11 Å². The number of nitrogens with two attached hydrogens (primary N) is 1. The van der Waals surface area contributed by atoms with Crippen molar-refractivity contribution in [3.63, 3.8) is 0 Å². The Bertz CT molecular complexity index is 238. The molecule has 0 bridgehead atoms. The number of hydrogen-bond acceptors (Lipinski definition) is 2. The second-order valence-corrected chi connectivity index (χ2v) is 3.41. The summed E-state index contributed by atoms with van der Waals surface area (Å²) in [5, 5.41) is 2.29. The number of ether oxygens (including phenoxy) is 1. The van der Waals surface area contributed by atoms with E-state index in [1.807, 2.05) is 18.3 Å². The summed E-state index contributed by atoms with van der Waals surface area (Å²) in [7, 11) is 1.74. The molecule has 0 aliphatic rings. The summed E-state index contributed by atoms with van der Waals surface area (Å²) < 4.78 is 4.99. The molecule has 0 aromatic carbocycles. The van der Waals surface area contributed by atoms with Gasteiger partial charge in [-0.2, -0.15) is 0 Å². The lowest BCUT2D eigenvalue weighted by molar-refractivity contribution is -0.693. The molecule has 1 aromatic heterocycles. The van der Waals surface area contributed by atoms with Crippen LogP contribution in [0.15, 0.2) is 24.4 Å². The van der Waals surface area contributed by atoms with Gasteiger partial charge in [0.05, 0.1) is 18.8 Å². The standard InChI is InChI=1S/C11H18N2O/c1-10(12-8-5-9-14-2)11-6-3-4-7-13-11/h3-4,6-7,10,12H,5,8-9H2,1-2H3/p+1/t10-/m0/s1. The van der Waals surface area contributed by atoms with Crippen molar-refractivity contribution in [1.29, 1.82) is 0 Å². The SMILES string of the molecule is COCCC[NH2+][C@@H](C)c1ccccn1. The molecule has 1 atom stereocenters. The zero-order chi connectivity index (χ0) is 10.2. The third kappa shape index (κ3) is 3.85. The minimum absolute atomic E-state index is 0.438. The Kier molecular flexibility index (Phi) is 5.19. The van der Waals surface area contributed by atoms with Gasteiger partial charge < -0.3 is 10.1 Å². The van der Waals surface area contributed by atoms with E-state index >= 15 is 0 Å². The molecule has 1 heterocycles. The van der Waals surface area contributed by atoms with Crippen molar-refractivity contribution in [3.05, 3.63) is 30.1 Å². The summed E-state index contributed by atoms with van der Waals surface area (Å²) in [6.45, 7) is 4.10. The van der Waals surface area contributed by atoms with Gasteiger partial charge in [0.15, 0.2) is 0 Å². The van der Waals surface area contributed by atoms with Gasteiger partial charge >= 0.3 is 0 Å². The molecular weight excluding hydrogens is 176 g/mol. The topological polar surface area (TPSA) is 38.7 Å². The first-order chi connectivity index (χ1) is 6.84. The summed E-state index contributed by atoms with van der Waals surface area (Å²) in [4.78, 5) is 4.32. The molecule has 0 aliphatic carbocycles. The Labute approximate surface area is 85.5 Å². The Morgan fingerprint density at radius 2 is 2.36 bits per heavy atom. The second-order valence-electron chi connectivity index (χ2n) is 3.41. The number of rotatable bonds is 6. The summed E-state index contributed by atoms with van der Waals surface area (Å²) >= 11 is 0. The number of pyridine rings is 1. The number of hydrogen-bond donors (Lipinski definition) is 1. The molecule has 0 saturated heterocycles. The Morgan fingerprint density at radius 1 is 1.50 bits per heavy atom. The van der Waals surface area contributed by atoms with Gasteiger partial charge in [-0.25, -0.2) is 0 Å². The average molecular weight is 195 g/mol. The van der Waals surface area contributed by atoms with Crippen LogP contribution in [0, 0.1) is 0 Å². The fraction of sp³-hybridized carbons (Fsp3) is 0.545. The van der Waals surface area contributed by atoms with Gasteiger partial charge in [0.1, 0.15) is 6.04 Å². The fourth-order valence-electron chi connectivity index (χ4n) is 1.36. The van der Waals surface area contributed by atoms with Gasteiger partial charge in [0.2, 0.25) is 0 Å². The highest BCUT2D eigenvalue weighted by Crippen LogP contribution is 2.01. The third-order valence-electron chi connectivity index (χ3n) is 2.23. The summed E-state index contributed by atoms with van der Waals surface area (Å²) in [6.07, 6.45) is 2.93. The molecule has 0 radical (unpaired) electrons. The van der Waals surface area contributed by atoms with Gasteiger partial charge in [0, 0.05) is 19.7 Å². The maximum atomic E-state index is 4.99. The van der Waals surface area contributed by atoms with E-state index in [2.05, 4.69) is 23.3 Å². The maximum absolute atomic E-state index is 4.99. The number of aromatic nitrogens is 1. The van der Waals surface area contributed by atoms with Crippen LogP contribution in [-0.4, -0.2) is 25.2 Å². The molecule has 0 spiro atoms. The van der Waals surface area contributed by atoms with E-state index in [-0.39, 0.29) is 0 Å². The highest BCUT2D eigenvalue weighted by atomic mass is 16.5. The van der Waals surface area contributed by atoms with E-state index in [0.717, 1.165) is 25.3 Å². The van der Waals surface area contributed by atoms with Crippen LogP contribution in [0.25, 0.3) is 0 Å². The van der Waals surface area contributed by atoms with E-state index in [4.69, 9.17) is 4.74 Å². The average Bonchev–Trinajstić information content (AvgIpc) is 2.25. The van der Waals surface area contributed by atoms with Crippen molar-refractivity contribution in [1.82, 2.24) is 4.98 Å². The van der Waals surface area contributed by atoms with Crippen LogP contribution in [0.5, 0.6) is 0 Å². The minimum Gasteiger partial charge on any atom is -0.384 e. The van der Waals surface area contributed by atoms with E-state index in [0.29, 0.717) is 6.04 Å². The lowest BCUT2D eigenvalue weighted by Crippen LogP contribution is -2.84.